The van der Waals surface area contributed by atoms with E-state index in [4.69, 9.17) is 0 Å². The average molecular weight is 324 g/mol. The summed E-state index contributed by atoms with van der Waals surface area (Å²) in [5.74, 6) is 0.878. The average Bonchev–Trinajstić information content (AvgIpc) is 2.58. The molecule has 3 rings (SSSR count). The standard InChI is InChI=1S/C19H24N4O/c1-13(2)12-20-18(24)16-11-14(3)21-19(22-16)23-10-6-8-15-7-4-5-9-17(15)23/h4-5,7,9,11,13H,6,8,10,12H2,1-3H3,(H,20,24). The van der Waals surface area contributed by atoms with Crippen molar-refractivity contribution >= 4 is 17.5 Å². The first-order valence-corrected chi connectivity index (χ1v) is 8.54. The lowest BCUT2D eigenvalue weighted by Crippen LogP contribution is -2.30. The molecule has 1 aromatic heterocycles. The molecule has 0 saturated heterocycles. The summed E-state index contributed by atoms with van der Waals surface area (Å²) in [7, 11) is 0. The van der Waals surface area contributed by atoms with Gasteiger partial charge >= 0.3 is 0 Å². The van der Waals surface area contributed by atoms with E-state index in [2.05, 4.69) is 52.2 Å². The predicted molar refractivity (Wildman–Crippen MR) is 95.7 cm³/mol. The Morgan fingerprint density at radius 3 is 2.88 bits per heavy atom. The number of hydrogen-bond donors (Lipinski definition) is 1. The number of nitrogens with one attached hydrogen (secondary N) is 1. The second kappa shape index (κ2) is 6.99. The normalized spacial score (nSPS) is 13.8. The van der Waals surface area contributed by atoms with Gasteiger partial charge in [0.05, 0.1) is 0 Å². The molecule has 2 heterocycles. The van der Waals surface area contributed by atoms with Gasteiger partial charge in [0.25, 0.3) is 5.91 Å². The summed E-state index contributed by atoms with van der Waals surface area (Å²) < 4.78 is 0. The predicted octanol–water partition coefficient (Wildman–Crippen LogP) is 3.26. The third-order valence-electron chi connectivity index (χ3n) is 4.10. The van der Waals surface area contributed by atoms with Crippen molar-refractivity contribution in [1.82, 2.24) is 15.3 Å². The lowest BCUT2D eigenvalue weighted by Gasteiger charge is -2.29. The number of para-hydroxylation sites is 1. The number of fused-ring (bicyclic) bond motifs is 1. The summed E-state index contributed by atoms with van der Waals surface area (Å²) in [5.41, 5.74) is 3.68. The highest BCUT2D eigenvalue weighted by Crippen LogP contribution is 2.31. The van der Waals surface area contributed by atoms with E-state index >= 15 is 0 Å². The minimum absolute atomic E-state index is 0.138. The minimum Gasteiger partial charge on any atom is -0.350 e. The van der Waals surface area contributed by atoms with Gasteiger partial charge in [0, 0.05) is 24.5 Å². The van der Waals surface area contributed by atoms with Crippen LogP contribution in [-0.2, 0) is 6.42 Å². The summed E-state index contributed by atoms with van der Waals surface area (Å²) in [4.78, 5) is 23.6. The van der Waals surface area contributed by atoms with E-state index in [1.807, 2.05) is 13.0 Å². The second-order valence-electron chi connectivity index (χ2n) is 6.68. The molecular formula is C19H24N4O. The number of amides is 1. The first-order chi connectivity index (χ1) is 11.5. The Morgan fingerprint density at radius 2 is 2.08 bits per heavy atom. The van der Waals surface area contributed by atoms with Crippen molar-refractivity contribution in [2.45, 2.75) is 33.6 Å². The number of aromatic nitrogens is 2. The molecule has 0 aliphatic carbocycles. The number of aryl methyl sites for hydroxylation is 2. The molecule has 0 spiro atoms. The molecule has 1 aromatic carbocycles. The fourth-order valence-electron chi connectivity index (χ4n) is 2.92. The van der Waals surface area contributed by atoms with Crippen LogP contribution in [-0.4, -0.2) is 29.0 Å². The smallest absolute Gasteiger partial charge is 0.270 e. The molecule has 1 aliphatic heterocycles. The number of carbonyl (C=O) groups is 1. The van der Waals surface area contributed by atoms with Gasteiger partial charge in [0.15, 0.2) is 0 Å². The van der Waals surface area contributed by atoms with Crippen LogP contribution < -0.4 is 10.2 Å². The summed E-state index contributed by atoms with van der Waals surface area (Å²) in [5, 5.41) is 2.93. The van der Waals surface area contributed by atoms with Gasteiger partial charge in [-0.3, -0.25) is 4.79 Å². The molecule has 5 heteroatoms. The number of hydrogen-bond acceptors (Lipinski definition) is 4. The summed E-state index contributed by atoms with van der Waals surface area (Å²) in [6, 6.07) is 10.1. The van der Waals surface area contributed by atoms with Crippen molar-refractivity contribution in [1.29, 1.82) is 0 Å². The van der Waals surface area contributed by atoms with Crippen LogP contribution >= 0.6 is 0 Å². The van der Waals surface area contributed by atoms with Crippen LogP contribution in [0.1, 0.15) is 42.0 Å². The molecule has 0 unspecified atom stereocenters. The Bertz CT molecular complexity index is 742. The number of benzene rings is 1. The van der Waals surface area contributed by atoms with E-state index in [9.17, 15) is 4.79 Å². The maximum absolute atomic E-state index is 12.4. The van der Waals surface area contributed by atoms with Crippen LogP contribution in [0.25, 0.3) is 0 Å². The van der Waals surface area contributed by atoms with Crippen LogP contribution in [0, 0.1) is 12.8 Å². The highest BCUT2D eigenvalue weighted by atomic mass is 16.1. The van der Waals surface area contributed by atoms with Crippen LogP contribution in [0.4, 0.5) is 11.6 Å². The van der Waals surface area contributed by atoms with Crippen LogP contribution in [0.5, 0.6) is 0 Å². The number of carbonyl (C=O) groups excluding carboxylic acids is 1. The topological polar surface area (TPSA) is 58.1 Å². The molecule has 0 bridgehead atoms. The fraction of sp³-hybridized carbons (Fsp3) is 0.421. The lowest BCUT2D eigenvalue weighted by molar-refractivity contribution is 0.0944. The molecule has 5 nitrogen and oxygen atoms in total. The maximum Gasteiger partial charge on any atom is 0.270 e. The molecule has 126 valence electrons. The minimum atomic E-state index is -0.138. The van der Waals surface area contributed by atoms with Crippen LogP contribution in [0.2, 0.25) is 0 Å². The molecular weight excluding hydrogens is 300 g/mol. The van der Waals surface area contributed by atoms with Crippen molar-refractivity contribution in [3.8, 4) is 0 Å². The van der Waals surface area contributed by atoms with E-state index in [-0.39, 0.29) is 5.91 Å². The highest BCUT2D eigenvalue weighted by Gasteiger charge is 2.21. The van der Waals surface area contributed by atoms with E-state index in [0.717, 1.165) is 30.8 Å². The first kappa shape index (κ1) is 16.4. The molecule has 0 radical (unpaired) electrons. The Labute approximate surface area is 143 Å². The van der Waals surface area contributed by atoms with Crippen LogP contribution in [0.15, 0.2) is 30.3 Å². The van der Waals surface area contributed by atoms with Gasteiger partial charge in [0.1, 0.15) is 5.69 Å². The Kier molecular flexibility index (Phi) is 4.79. The molecule has 1 aliphatic rings. The van der Waals surface area contributed by atoms with E-state index in [1.54, 1.807) is 6.07 Å². The summed E-state index contributed by atoms with van der Waals surface area (Å²) in [6.07, 6.45) is 2.13. The molecule has 24 heavy (non-hydrogen) atoms. The van der Waals surface area contributed by atoms with Gasteiger partial charge in [-0.1, -0.05) is 32.0 Å². The van der Waals surface area contributed by atoms with Gasteiger partial charge < -0.3 is 10.2 Å². The van der Waals surface area contributed by atoms with Crippen molar-refractivity contribution in [2.75, 3.05) is 18.0 Å². The van der Waals surface area contributed by atoms with Crippen molar-refractivity contribution < 1.29 is 4.79 Å². The second-order valence-corrected chi connectivity index (χ2v) is 6.68. The molecule has 1 N–H and O–H groups in total. The fourth-order valence-corrected chi connectivity index (χ4v) is 2.92. The molecule has 1 amide bonds. The van der Waals surface area contributed by atoms with Gasteiger partial charge in [-0.15, -0.1) is 0 Å². The number of rotatable bonds is 4. The van der Waals surface area contributed by atoms with Crippen molar-refractivity contribution in [3.05, 3.63) is 47.3 Å². The highest BCUT2D eigenvalue weighted by molar-refractivity contribution is 5.92. The summed E-state index contributed by atoms with van der Waals surface area (Å²) >= 11 is 0. The molecule has 2 aromatic rings. The Morgan fingerprint density at radius 1 is 1.29 bits per heavy atom. The van der Waals surface area contributed by atoms with Gasteiger partial charge in [-0.2, -0.15) is 0 Å². The van der Waals surface area contributed by atoms with Gasteiger partial charge in [-0.25, -0.2) is 9.97 Å². The van der Waals surface area contributed by atoms with Crippen molar-refractivity contribution in [2.24, 2.45) is 5.92 Å². The monoisotopic (exact) mass is 324 g/mol. The first-order valence-electron chi connectivity index (χ1n) is 8.54. The Hall–Kier alpha value is -2.43. The van der Waals surface area contributed by atoms with Crippen LogP contribution in [0.3, 0.4) is 0 Å². The van der Waals surface area contributed by atoms with E-state index in [1.165, 1.54) is 5.56 Å². The largest absolute Gasteiger partial charge is 0.350 e. The van der Waals surface area contributed by atoms with Gasteiger partial charge in [-0.05, 0) is 43.4 Å². The molecule has 0 fully saturated rings. The summed E-state index contributed by atoms with van der Waals surface area (Å²) in [6.45, 7) is 7.56. The maximum atomic E-state index is 12.4. The van der Waals surface area contributed by atoms with E-state index < -0.39 is 0 Å². The van der Waals surface area contributed by atoms with E-state index in [0.29, 0.717) is 24.1 Å². The zero-order chi connectivity index (χ0) is 17.1. The molecule has 0 saturated carbocycles. The number of nitrogens with zero attached hydrogens (tertiary/aromatic N) is 3. The van der Waals surface area contributed by atoms with Gasteiger partial charge in [0.2, 0.25) is 5.95 Å². The zero-order valence-electron chi connectivity index (χ0n) is 14.5. The third kappa shape index (κ3) is 3.55. The lowest BCUT2D eigenvalue weighted by atomic mass is 10.0. The SMILES string of the molecule is Cc1cc(C(=O)NCC(C)C)nc(N2CCCc3ccccc32)n1. The zero-order valence-corrected chi connectivity index (χ0v) is 14.5. The number of anilines is 2. The van der Waals surface area contributed by atoms with Crippen molar-refractivity contribution in [3.63, 3.8) is 0 Å². The quantitative estimate of drug-likeness (QED) is 0.938. The molecule has 0 atom stereocenters. The third-order valence-corrected chi connectivity index (χ3v) is 4.10. The Balaban J connectivity index is 1.91.